The molecule has 8 heteroatoms. The third kappa shape index (κ3) is 3.87. The van der Waals surface area contributed by atoms with E-state index in [1.54, 1.807) is 12.1 Å². The number of hydrogen-bond acceptors (Lipinski definition) is 6. The van der Waals surface area contributed by atoms with Crippen molar-refractivity contribution in [3.05, 3.63) is 47.3 Å². The maximum absolute atomic E-state index is 12.9. The zero-order chi connectivity index (χ0) is 20.5. The summed E-state index contributed by atoms with van der Waals surface area (Å²) in [5.41, 5.74) is 2.82. The number of aromatic nitrogens is 2. The Balaban J connectivity index is 1.39. The van der Waals surface area contributed by atoms with Crippen LogP contribution in [0.4, 0.5) is 16.4 Å². The molecule has 4 heterocycles. The van der Waals surface area contributed by atoms with Gasteiger partial charge in [0.25, 0.3) is 5.91 Å². The van der Waals surface area contributed by atoms with Crippen LogP contribution < -0.4 is 9.80 Å². The van der Waals surface area contributed by atoms with Gasteiger partial charge in [0.15, 0.2) is 0 Å². The predicted molar refractivity (Wildman–Crippen MR) is 109 cm³/mol. The minimum absolute atomic E-state index is 0.0466. The van der Waals surface area contributed by atoms with Crippen molar-refractivity contribution in [3.63, 3.8) is 0 Å². The summed E-state index contributed by atoms with van der Waals surface area (Å²) in [6.45, 7) is 9.15. The van der Waals surface area contributed by atoms with Crippen LogP contribution in [0.25, 0.3) is 0 Å². The number of rotatable bonds is 3. The van der Waals surface area contributed by atoms with Crippen molar-refractivity contribution in [1.82, 2.24) is 14.9 Å². The molecule has 8 nitrogen and oxygen atoms in total. The Bertz CT molecular complexity index is 922. The summed E-state index contributed by atoms with van der Waals surface area (Å²) in [4.78, 5) is 39.1. The molecule has 2 aromatic heterocycles. The largest absolute Gasteiger partial charge is 0.444 e. The summed E-state index contributed by atoms with van der Waals surface area (Å²) < 4.78 is 5.12. The SMILES string of the molecule is Cc1cnc(N2CCN(C(=O)c3ccc(N4CC(C)OC4=O)nc3)CC2)c(C)c1. The second-order valence-corrected chi connectivity index (χ2v) is 7.64. The lowest BCUT2D eigenvalue weighted by Crippen LogP contribution is -2.49. The summed E-state index contributed by atoms with van der Waals surface area (Å²) in [5, 5.41) is 0. The number of nitrogens with zero attached hydrogens (tertiary/aromatic N) is 5. The summed E-state index contributed by atoms with van der Waals surface area (Å²) >= 11 is 0. The van der Waals surface area contributed by atoms with E-state index in [2.05, 4.69) is 27.9 Å². The lowest BCUT2D eigenvalue weighted by molar-refractivity contribution is 0.0746. The third-order valence-corrected chi connectivity index (χ3v) is 5.29. The van der Waals surface area contributed by atoms with Crippen molar-refractivity contribution in [2.45, 2.75) is 26.9 Å². The molecule has 2 fully saturated rings. The number of ether oxygens (including phenoxy) is 1. The van der Waals surface area contributed by atoms with E-state index in [1.807, 2.05) is 24.9 Å². The Morgan fingerprint density at radius 1 is 1.10 bits per heavy atom. The monoisotopic (exact) mass is 395 g/mol. The topological polar surface area (TPSA) is 78.9 Å². The number of piperazine rings is 1. The molecule has 0 bridgehead atoms. The van der Waals surface area contributed by atoms with Gasteiger partial charge in [-0.3, -0.25) is 9.69 Å². The summed E-state index contributed by atoms with van der Waals surface area (Å²) in [5.74, 6) is 1.44. The van der Waals surface area contributed by atoms with Crippen molar-refractivity contribution in [2.24, 2.45) is 0 Å². The number of anilines is 2. The van der Waals surface area contributed by atoms with Crippen LogP contribution in [0.5, 0.6) is 0 Å². The van der Waals surface area contributed by atoms with E-state index >= 15 is 0 Å². The number of carbonyl (C=O) groups excluding carboxylic acids is 2. The predicted octanol–water partition coefficient (Wildman–Crippen LogP) is 2.40. The molecule has 0 saturated carbocycles. The van der Waals surface area contributed by atoms with Gasteiger partial charge in [-0.2, -0.15) is 0 Å². The van der Waals surface area contributed by atoms with Crippen LogP contribution in [0.15, 0.2) is 30.6 Å². The lowest BCUT2D eigenvalue weighted by Gasteiger charge is -2.36. The second kappa shape index (κ2) is 7.69. The number of aryl methyl sites for hydroxylation is 2. The zero-order valence-corrected chi connectivity index (χ0v) is 17.0. The normalized spacial score (nSPS) is 19.5. The molecular formula is C21H25N5O3. The fraction of sp³-hybridized carbons (Fsp3) is 0.429. The van der Waals surface area contributed by atoms with Gasteiger partial charge in [0, 0.05) is 38.6 Å². The fourth-order valence-electron chi connectivity index (χ4n) is 3.81. The van der Waals surface area contributed by atoms with Gasteiger partial charge in [0.05, 0.1) is 12.1 Å². The van der Waals surface area contributed by atoms with Crippen molar-refractivity contribution < 1.29 is 14.3 Å². The zero-order valence-electron chi connectivity index (χ0n) is 17.0. The first kappa shape index (κ1) is 19.2. The van der Waals surface area contributed by atoms with Crippen LogP contribution in [-0.2, 0) is 4.74 Å². The van der Waals surface area contributed by atoms with E-state index in [0.717, 1.165) is 30.0 Å². The van der Waals surface area contributed by atoms with E-state index in [9.17, 15) is 9.59 Å². The van der Waals surface area contributed by atoms with Gasteiger partial charge in [-0.05, 0) is 44.0 Å². The summed E-state index contributed by atoms with van der Waals surface area (Å²) in [6, 6.07) is 5.55. The molecular weight excluding hydrogens is 370 g/mol. The van der Waals surface area contributed by atoms with Gasteiger partial charge in [0.2, 0.25) is 0 Å². The molecule has 0 spiro atoms. The molecule has 0 N–H and O–H groups in total. The molecule has 2 amide bonds. The van der Waals surface area contributed by atoms with Crippen LogP contribution in [-0.4, -0.2) is 65.7 Å². The Morgan fingerprint density at radius 2 is 1.86 bits per heavy atom. The Hall–Kier alpha value is -3.16. The third-order valence-electron chi connectivity index (χ3n) is 5.29. The molecule has 4 rings (SSSR count). The molecule has 0 aromatic carbocycles. The van der Waals surface area contributed by atoms with E-state index in [0.29, 0.717) is 31.0 Å². The number of cyclic esters (lactones) is 1. The van der Waals surface area contributed by atoms with Crippen molar-refractivity contribution in [3.8, 4) is 0 Å². The molecule has 0 aliphatic carbocycles. The summed E-state index contributed by atoms with van der Waals surface area (Å²) in [7, 11) is 0. The molecule has 2 aliphatic heterocycles. The smallest absolute Gasteiger partial charge is 0.415 e. The first-order valence-corrected chi connectivity index (χ1v) is 9.84. The van der Waals surface area contributed by atoms with Crippen LogP contribution in [0.3, 0.4) is 0 Å². The molecule has 29 heavy (non-hydrogen) atoms. The number of hydrogen-bond donors (Lipinski definition) is 0. The maximum atomic E-state index is 12.9. The van der Waals surface area contributed by atoms with E-state index in [4.69, 9.17) is 4.74 Å². The molecule has 2 saturated heterocycles. The van der Waals surface area contributed by atoms with Gasteiger partial charge >= 0.3 is 6.09 Å². The van der Waals surface area contributed by atoms with Gasteiger partial charge in [-0.1, -0.05) is 6.07 Å². The Labute approximate surface area is 170 Å². The van der Waals surface area contributed by atoms with E-state index < -0.39 is 6.09 Å². The van der Waals surface area contributed by atoms with Crippen LogP contribution >= 0.6 is 0 Å². The van der Waals surface area contributed by atoms with Crippen molar-refractivity contribution in [1.29, 1.82) is 0 Å². The van der Waals surface area contributed by atoms with Crippen molar-refractivity contribution >= 4 is 23.6 Å². The van der Waals surface area contributed by atoms with Gasteiger partial charge in [-0.15, -0.1) is 0 Å². The van der Waals surface area contributed by atoms with Crippen LogP contribution in [0.1, 0.15) is 28.4 Å². The average Bonchev–Trinajstić information content (AvgIpc) is 3.06. The molecule has 2 aliphatic rings. The molecule has 1 unspecified atom stereocenters. The highest BCUT2D eigenvalue weighted by molar-refractivity contribution is 5.95. The van der Waals surface area contributed by atoms with Crippen molar-refractivity contribution in [2.75, 3.05) is 42.5 Å². The highest BCUT2D eigenvalue weighted by atomic mass is 16.6. The van der Waals surface area contributed by atoms with E-state index in [-0.39, 0.29) is 12.0 Å². The van der Waals surface area contributed by atoms with Crippen LogP contribution in [0, 0.1) is 13.8 Å². The highest BCUT2D eigenvalue weighted by Gasteiger charge is 2.30. The molecule has 1 atom stereocenters. The molecule has 152 valence electrons. The first-order valence-electron chi connectivity index (χ1n) is 9.84. The number of amides is 2. The Morgan fingerprint density at radius 3 is 2.45 bits per heavy atom. The highest BCUT2D eigenvalue weighted by Crippen LogP contribution is 2.22. The fourth-order valence-corrected chi connectivity index (χ4v) is 3.81. The minimum atomic E-state index is -0.403. The number of pyridine rings is 2. The lowest BCUT2D eigenvalue weighted by atomic mass is 10.2. The second-order valence-electron chi connectivity index (χ2n) is 7.64. The van der Waals surface area contributed by atoms with Gasteiger partial charge in [-0.25, -0.2) is 14.8 Å². The van der Waals surface area contributed by atoms with E-state index in [1.165, 1.54) is 11.1 Å². The minimum Gasteiger partial charge on any atom is -0.444 e. The van der Waals surface area contributed by atoms with Crippen LogP contribution in [0.2, 0.25) is 0 Å². The quantitative estimate of drug-likeness (QED) is 0.794. The number of carbonyl (C=O) groups is 2. The van der Waals surface area contributed by atoms with Gasteiger partial charge in [0.1, 0.15) is 17.7 Å². The standard InChI is InChI=1S/C21H25N5O3/c1-14-10-15(2)19(23-11-14)24-6-8-25(9-7-24)20(27)17-4-5-18(22-12-17)26-13-16(3)29-21(26)28/h4-5,10-12,16H,6-9,13H2,1-3H3. The summed E-state index contributed by atoms with van der Waals surface area (Å²) in [6.07, 6.45) is 2.85. The molecule has 2 aromatic rings. The first-order chi connectivity index (χ1) is 13.9. The average molecular weight is 395 g/mol. The van der Waals surface area contributed by atoms with Gasteiger partial charge < -0.3 is 14.5 Å². The Kier molecular flexibility index (Phi) is 5.08. The molecule has 0 radical (unpaired) electrons. The maximum Gasteiger partial charge on any atom is 0.415 e.